The van der Waals surface area contributed by atoms with Gasteiger partial charge in [0, 0.05) is 0 Å². The van der Waals surface area contributed by atoms with Gasteiger partial charge in [-0.1, -0.05) is 182 Å². The molecule has 4 N–H and O–H groups in total. The van der Waals surface area contributed by atoms with Crippen molar-refractivity contribution in [3.8, 4) is 0 Å². The fraction of sp³-hybridized carbons (Fsp3) is 0.745. The average molecular weight is 1140 g/mol. The molecule has 366 valence electrons. The quantitative estimate of drug-likeness (QED) is 0.0863. The van der Waals surface area contributed by atoms with E-state index in [4.69, 9.17) is 22.9 Å². The van der Waals surface area contributed by atoms with Crippen molar-refractivity contribution in [2.24, 2.45) is 0 Å². The number of unbranched alkanes of at least 4 members (excludes halogenated alkanes) is 20. The standard InChI is InChI=1S/4C8H18N.3C5H5.8ClH.3V/c4*1-2-3-4-5-6-7-8-9;3*1-2-4-5-3-1;;;;;;;;;;;/h4*9H,2-8H2,1H3;3*1-3H,4H2;8*1H;;;/q4*-1;;;;;;;;;;;;3*+4/p-8. The second-order valence-corrected chi connectivity index (χ2v) is 16.6. The minimum atomic E-state index is 0. The number of rotatable bonds is 24. The van der Waals surface area contributed by atoms with Gasteiger partial charge in [-0.2, -0.15) is 26.2 Å². The Bertz CT molecular complexity index is 753. The van der Waals surface area contributed by atoms with Crippen LogP contribution >= 0.6 is 0 Å². The molecule has 0 saturated heterocycles. The summed E-state index contributed by atoms with van der Waals surface area (Å²) in [6.07, 6.45) is 53.5. The van der Waals surface area contributed by atoms with E-state index in [0.717, 1.165) is 44.9 Å². The van der Waals surface area contributed by atoms with Crippen LogP contribution in [0.4, 0.5) is 0 Å². The van der Waals surface area contributed by atoms with Crippen molar-refractivity contribution in [3.63, 3.8) is 0 Å². The molecule has 0 amide bonds. The number of allylic oxidation sites excluding steroid dienone is 12. The van der Waals surface area contributed by atoms with Gasteiger partial charge in [-0.05, 0) is 0 Å². The van der Waals surface area contributed by atoms with E-state index >= 15 is 0 Å². The maximum absolute atomic E-state index is 6.88. The van der Waals surface area contributed by atoms with Crippen molar-refractivity contribution in [3.05, 3.63) is 90.5 Å². The molecule has 0 heterocycles. The molecule has 3 aliphatic rings. The molecule has 0 aliphatic heterocycles. The topological polar surface area (TPSA) is 95.2 Å². The molecule has 0 fully saturated rings. The summed E-state index contributed by atoms with van der Waals surface area (Å²) in [7, 11) is 0. The Balaban J connectivity index is -0.0000000463. The van der Waals surface area contributed by atoms with Crippen LogP contribution in [0.15, 0.2) is 67.5 Å². The van der Waals surface area contributed by atoms with Crippen molar-refractivity contribution in [1.29, 1.82) is 0 Å². The first kappa shape index (κ1) is 94.2. The Morgan fingerprint density at radius 2 is 0.468 bits per heavy atom. The number of halogens is 8. The van der Waals surface area contributed by atoms with Crippen LogP contribution in [0, 0.1) is 0 Å². The van der Waals surface area contributed by atoms with E-state index in [9.17, 15) is 0 Å². The van der Waals surface area contributed by atoms with Gasteiger partial charge in [0.1, 0.15) is 0 Å². The Morgan fingerprint density at radius 3 is 0.565 bits per heavy atom. The summed E-state index contributed by atoms with van der Waals surface area (Å²) in [5, 5.41) is 0. The van der Waals surface area contributed by atoms with E-state index in [1.54, 1.807) is 0 Å². The van der Waals surface area contributed by atoms with Gasteiger partial charge in [0.05, 0.1) is 0 Å². The molecule has 0 atom stereocenters. The first-order valence-electron chi connectivity index (χ1n) is 22.1. The summed E-state index contributed by atoms with van der Waals surface area (Å²) < 4.78 is 4.22. The van der Waals surface area contributed by atoms with Crippen LogP contribution in [0.3, 0.4) is 0 Å². The van der Waals surface area contributed by atoms with Crippen LogP contribution in [0.2, 0.25) is 0 Å². The van der Waals surface area contributed by atoms with Gasteiger partial charge in [0.25, 0.3) is 0 Å². The fourth-order valence-electron chi connectivity index (χ4n) is 4.93. The molecule has 15 heteroatoms. The predicted octanol–water partition coefficient (Wildman–Crippen LogP) is -6.24. The maximum atomic E-state index is 6.88. The van der Waals surface area contributed by atoms with Gasteiger partial charge in [0.15, 0.2) is 0 Å². The Labute approximate surface area is 464 Å². The number of hydrogen-bond donors (Lipinski definition) is 0. The SMILES string of the molecule is CCCCCCCC[NH-].CCCCCCCC[NH-].CCCCCCCC[NH-].CCCCCCCC[NH-].[Cl-].[Cl-].[Cl-].[Cl-].[Cl-].[Cl-].[Cl-].[Cl-].[V+4][C]1=CC=CC1.[V+4][C]1=CC=CC1.[V+4][C]1=CC=CC1. The zero-order valence-corrected chi connectivity index (χ0v) is 49.2. The molecule has 0 radical (unpaired) electrons. The van der Waals surface area contributed by atoms with Crippen molar-refractivity contribution in [2.45, 2.75) is 201 Å². The Hall–Kier alpha value is 2.35. The summed E-state index contributed by atoms with van der Waals surface area (Å²) >= 11 is 7.61. The van der Waals surface area contributed by atoms with E-state index in [1.807, 2.05) is 0 Å². The van der Waals surface area contributed by atoms with E-state index in [0.29, 0.717) is 26.2 Å². The summed E-state index contributed by atoms with van der Waals surface area (Å²) in [5.74, 6) is 0. The molecular formula is C47H87Cl8N4V3. The molecule has 62 heavy (non-hydrogen) atoms. The van der Waals surface area contributed by atoms with Crippen LogP contribution in [0.1, 0.15) is 201 Å². The zero-order chi connectivity index (χ0) is 41.0. The van der Waals surface area contributed by atoms with Crippen LogP contribution in [-0.4, -0.2) is 26.2 Å². The van der Waals surface area contributed by atoms with E-state index in [1.165, 1.54) is 141 Å². The molecule has 0 aromatic heterocycles. The van der Waals surface area contributed by atoms with E-state index in [-0.39, 0.29) is 99.3 Å². The third-order valence-electron chi connectivity index (χ3n) is 8.38. The molecule has 0 saturated carbocycles. The van der Waals surface area contributed by atoms with Crippen LogP contribution < -0.4 is 99.3 Å². The average Bonchev–Trinajstić information content (AvgIpc) is 3.99. The second-order valence-electron chi connectivity index (χ2n) is 13.9. The van der Waals surface area contributed by atoms with E-state index in [2.05, 4.69) is 135 Å². The summed E-state index contributed by atoms with van der Waals surface area (Å²) in [6, 6.07) is 0. The van der Waals surface area contributed by atoms with Gasteiger partial charge >= 0.3 is 139 Å². The molecule has 0 unspecified atom stereocenters. The first-order chi connectivity index (χ1) is 26.3. The molecular weight excluding hydrogens is 1060 g/mol. The van der Waals surface area contributed by atoms with Gasteiger partial charge in [0.2, 0.25) is 0 Å². The first-order valence-corrected chi connectivity index (χ1v) is 24.2. The normalized spacial score (nSPS) is 11.2. The third-order valence-corrected chi connectivity index (χ3v) is 9.93. The fourth-order valence-corrected chi connectivity index (χ4v) is 5.83. The predicted molar refractivity (Wildman–Crippen MR) is 236 cm³/mol. The van der Waals surface area contributed by atoms with Crippen molar-refractivity contribution >= 4 is 0 Å². The Morgan fingerprint density at radius 1 is 0.306 bits per heavy atom. The number of hydrogen-bond acceptors (Lipinski definition) is 0. The van der Waals surface area contributed by atoms with Crippen LogP contribution in [-0.2, 0) is 52.3 Å². The molecule has 0 aromatic rings. The molecule has 0 bridgehead atoms. The number of nitrogens with one attached hydrogen (secondary N) is 4. The van der Waals surface area contributed by atoms with Crippen LogP contribution in [0.5, 0.6) is 0 Å². The molecule has 0 aromatic carbocycles. The molecule has 0 spiro atoms. The minimum absolute atomic E-state index is 0. The van der Waals surface area contributed by atoms with Crippen molar-refractivity contribution in [2.75, 3.05) is 26.2 Å². The second kappa shape index (κ2) is 93.4. The summed E-state index contributed by atoms with van der Waals surface area (Å²) in [6.45, 7) is 11.4. The summed E-state index contributed by atoms with van der Waals surface area (Å²) in [5.41, 5.74) is 27.5. The third kappa shape index (κ3) is 105. The zero-order valence-electron chi connectivity index (χ0n) is 39.0. The van der Waals surface area contributed by atoms with Gasteiger partial charge in [-0.25, -0.2) is 0 Å². The van der Waals surface area contributed by atoms with Crippen molar-refractivity contribution < 1.29 is 152 Å². The van der Waals surface area contributed by atoms with Crippen molar-refractivity contribution in [1.82, 2.24) is 0 Å². The van der Waals surface area contributed by atoms with Crippen LogP contribution in [0.25, 0.3) is 22.9 Å². The molecule has 3 rings (SSSR count). The Kier molecular flexibility index (Phi) is 142. The van der Waals surface area contributed by atoms with Gasteiger partial charge < -0.3 is 122 Å². The summed E-state index contributed by atoms with van der Waals surface area (Å²) in [4.78, 5) is 0. The van der Waals surface area contributed by atoms with E-state index < -0.39 is 0 Å². The molecule has 4 nitrogen and oxygen atoms in total. The molecule has 3 aliphatic carbocycles. The monoisotopic (exact) mass is 1140 g/mol. The van der Waals surface area contributed by atoms with Gasteiger partial charge in [-0.3, -0.25) is 0 Å². The van der Waals surface area contributed by atoms with Gasteiger partial charge in [-0.15, -0.1) is 0 Å².